The molecule has 2 heterocycles. The van der Waals surface area contributed by atoms with Crippen molar-refractivity contribution in [2.75, 3.05) is 13.7 Å². The maximum atomic E-state index is 13.6. The maximum absolute atomic E-state index is 13.6. The van der Waals surface area contributed by atoms with E-state index in [4.69, 9.17) is 9.84 Å². The molecule has 1 N–H and O–H groups in total. The average molecular weight is 506 g/mol. The summed E-state index contributed by atoms with van der Waals surface area (Å²) in [7, 11) is 1.61. The minimum Gasteiger partial charge on any atom is -0.495 e. The van der Waals surface area contributed by atoms with Crippen LogP contribution in [0.25, 0.3) is 10.9 Å². The molecule has 1 aliphatic heterocycles. The zero-order valence-corrected chi connectivity index (χ0v) is 19.3. The number of aromatic amines is 1. The van der Waals surface area contributed by atoms with E-state index in [1.54, 1.807) is 24.3 Å². The Balaban J connectivity index is 1.65. The van der Waals surface area contributed by atoms with Crippen LogP contribution in [0.2, 0.25) is 0 Å². The number of alkyl halides is 3. The van der Waals surface area contributed by atoms with Crippen molar-refractivity contribution >= 4 is 32.5 Å². The summed E-state index contributed by atoms with van der Waals surface area (Å²) in [6, 6.07) is 11.5. The molecule has 0 bridgehead atoms. The van der Waals surface area contributed by atoms with Crippen molar-refractivity contribution < 1.29 is 17.9 Å². The van der Waals surface area contributed by atoms with Crippen LogP contribution in [-0.4, -0.2) is 29.4 Å². The standard InChI is InChI=1S/C24H23BrF3N3O/c1-14(22-13-18-21(29-22)11-10-20(25)23(18)32-3)30-31-12-6-8-16(15(31)2)17-7-4-5-9-19(17)24(26,27)28/h4-5,7,9-11,13,16,29H,2,6,8,12H2,1,3H3/b30-14+. The quantitative estimate of drug-likeness (QED) is 0.385. The fourth-order valence-electron chi connectivity index (χ4n) is 4.23. The first-order chi connectivity index (χ1) is 15.2. The highest BCUT2D eigenvalue weighted by Gasteiger charge is 2.37. The van der Waals surface area contributed by atoms with Crippen molar-refractivity contribution in [3.8, 4) is 5.75 Å². The Morgan fingerprint density at radius 2 is 2.00 bits per heavy atom. The van der Waals surface area contributed by atoms with Gasteiger partial charge in [0.1, 0.15) is 5.75 Å². The zero-order chi connectivity index (χ0) is 23.0. The maximum Gasteiger partial charge on any atom is 0.416 e. The number of nitrogens with zero attached hydrogens (tertiary/aromatic N) is 2. The summed E-state index contributed by atoms with van der Waals surface area (Å²) in [4.78, 5) is 3.34. The number of hydrogen-bond donors (Lipinski definition) is 1. The first-order valence-electron chi connectivity index (χ1n) is 10.2. The Morgan fingerprint density at radius 1 is 1.25 bits per heavy atom. The Bertz CT molecular complexity index is 1200. The minimum absolute atomic E-state index is 0.253. The van der Waals surface area contributed by atoms with E-state index in [-0.39, 0.29) is 5.56 Å². The van der Waals surface area contributed by atoms with Crippen molar-refractivity contribution in [2.45, 2.75) is 31.9 Å². The fraction of sp³-hybridized carbons (Fsp3) is 0.292. The molecule has 1 atom stereocenters. The van der Waals surface area contributed by atoms with E-state index in [1.165, 1.54) is 6.07 Å². The van der Waals surface area contributed by atoms with Crippen LogP contribution in [0.4, 0.5) is 13.2 Å². The summed E-state index contributed by atoms with van der Waals surface area (Å²) in [5.74, 6) is 0.292. The predicted octanol–water partition coefficient (Wildman–Crippen LogP) is 7.08. The van der Waals surface area contributed by atoms with Gasteiger partial charge < -0.3 is 9.72 Å². The van der Waals surface area contributed by atoms with Crippen LogP contribution in [0.1, 0.15) is 42.5 Å². The van der Waals surface area contributed by atoms with Gasteiger partial charge in [-0.3, -0.25) is 5.01 Å². The van der Waals surface area contributed by atoms with Gasteiger partial charge in [-0.05, 0) is 65.5 Å². The number of hydrogen-bond acceptors (Lipinski definition) is 3. The van der Waals surface area contributed by atoms with Gasteiger partial charge in [-0.2, -0.15) is 18.3 Å². The van der Waals surface area contributed by atoms with Crippen molar-refractivity contribution in [2.24, 2.45) is 5.10 Å². The number of piperidine rings is 1. The molecule has 0 spiro atoms. The number of nitrogens with one attached hydrogen (secondary N) is 1. The van der Waals surface area contributed by atoms with Crippen LogP contribution in [-0.2, 0) is 6.18 Å². The Kier molecular flexibility index (Phi) is 6.07. The highest BCUT2D eigenvalue weighted by Crippen LogP contribution is 2.42. The molecule has 0 amide bonds. The molecule has 1 aliphatic rings. The SMILES string of the molecule is C=C1C(c2ccccc2C(F)(F)F)CCCN1/N=C(\C)c1cc2c(OC)c(Br)ccc2[nH]1. The zero-order valence-electron chi connectivity index (χ0n) is 17.8. The number of allylic oxidation sites excluding steroid dienone is 1. The third kappa shape index (κ3) is 4.16. The summed E-state index contributed by atoms with van der Waals surface area (Å²) in [6.45, 7) is 6.60. The molecule has 4 nitrogen and oxygen atoms in total. The van der Waals surface area contributed by atoms with Gasteiger partial charge in [0.2, 0.25) is 0 Å². The van der Waals surface area contributed by atoms with Crippen LogP contribution < -0.4 is 4.74 Å². The average Bonchev–Trinajstić information content (AvgIpc) is 3.19. The van der Waals surface area contributed by atoms with Crippen molar-refractivity contribution in [3.05, 3.63) is 76.0 Å². The number of H-pyrrole nitrogens is 1. The second-order valence-electron chi connectivity index (χ2n) is 7.80. The van der Waals surface area contributed by atoms with Crippen molar-refractivity contribution in [1.29, 1.82) is 0 Å². The fourth-order valence-corrected chi connectivity index (χ4v) is 4.74. The summed E-state index contributed by atoms with van der Waals surface area (Å²) < 4.78 is 47.0. The number of hydrazone groups is 1. The highest BCUT2D eigenvalue weighted by molar-refractivity contribution is 9.10. The van der Waals surface area contributed by atoms with Gasteiger partial charge in [-0.1, -0.05) is 24.8 Å². The smallest absolute Gasteiger partial charge is 0.416 e. The minimum atomic E-state index is -4.41. The predicted molar refractivity (Wildman–Crippen MR) is 124 cm³/mol. The third-order valence-corrected chi connectivity index (χ3v) is 6.43. The summed E-state index contributed by atoms with van der Waals surface area (Å²) in [6.07, 6.45) is -3.08. The van der Waals surface area contributed by atoms with Crippen LogP contribution in [0.3, 0.4) is 0 Å². The summed E-state index contributed by atoms with van der Waals surface area (Å²) >= 11 is 3.49. The van der Waals surface area contributed by atoms with Crippen molar-refractivity contribution in [1.82, 2.24) is 9.99 Å². The number of ether oxygens (including phenoxy) is 1. The van der Waals surface area contributed by atoms with Crippen molar-refractivity contribution in [3.63, 3.8) is 0 Å². The molecule has 2 aromatic carbocycles. The number of fused-ring (bicyclic) bond motifs is 1. The van der Waals surface area contributed by atoms with Gasteiger partial charge in [-0.15, -0.1) is 0 Å². The molecule has 8 heteroatoms. The van der Waals surface area contributed by atoms with E-state index < -0.39 is 17.7 Å². The number of rotatable bonds is 4. The topological polar surface area (TPSA) is 40.6 Å². The van der Waals surface area contributed by atoms with Crippen LogP contribution in [0.15, 0.2) is 64.3 Å². The molecule has 0 radical (unpaired) electrons. The lowest BCUT2D eigenvalue weighted by atomic mass is 9.85. The molecule has 0 saturated carbocycles. The molecule has 3 aromatic rings. The van der Waals surface area contributed by atoms with E-state index in [2.05, 4.69) is 27.5 Å². The van der Waals surface area contributed by atoms with Gasteiger partial charge >= 0.3 is 6.18 Å². The molecule has 4 rings (SSSR count). The second-order valence-corrected chi connectivity index (χ2v) is 8.66. The lowest BCUT2D eigenvalue weighted by Gasteiger charge is -2.34. The molecule has 1 unspecified atom stereocenters. The van der Waals surface area contributed by atoms with Gasteiger partial charge in [0.15, 0.2) is 0 Å². The molecule has 1 saturated heterocycles. The monoisotopic (exact) mass is 505 g/mol. The number of halogens is 4. The summed E-state index contributed by atoms with van der Waals surface area (Å²) in [5.41, 5.74) is 2.64. The highest BCUT2D eigenvalue weighted by atomic mass is 79.9. The lowest BCUT2D eigenvalue weighted by Crippen LogP contribution is -2.29. The van der Waals surface area contributed by atoms with Crippen LogP contribution in [0.5, 0.6) is 5.75 Å². The van der Waals surface area contributed by atoms with Crippen LogP contribution in [0, 0.1) is 0 Å². The lowest BCUT2D eigenvalue weighted by molar-refractivity contribution is -0.138. The van der Waals surface area contributed by atoms with E-state index >= 15 is 0 Å². The van der Waals surface area contributed by atoms with E-state index in [0.717, 1.165) is 39.3 Å². The number of benzene rings is 2. The number of methoxy groups -OCH3 is 1. The van der Waals surface area contributed by atoms with Gasteiger partial charge in [0.25, 0.3) is 0 Å². The van der Waals surface area contributed by atoms with E-state index in [1.807, 2.05) is 25.1 Å². The molecular formula is C24H23BrF3N3O. The molecule has 0 aliphatic carbocycles. The Labute approximate surface area is 192 Å². The molecule has 1 fully saturated rings. The Hall–Kier alpha value is -2.74. The van der Waals surface area contributed by atoms with Gasteiger partial charge in [-0.25, -0.2) is 0 Å². The normalized spacial score (nSPS) is 17.8. The number of aromatic nitrogens is 1. The second kappa shape index (κ2) is 8.65. The molecule has 32 heavy (non-hydrogen) atoms. The molecular weight excluding hydrogens is 483 g/mol. The largest absolute Gasteiger partial charge is 0.495 e. The Morgan fingerprint density at radius 3 is 2.72 bits per heavy atom. The van der Waals surface area contributed by atoms with E-state index in [9.17, 15) is 13.2 Å². The third-order valence-electron chi connectivity index (χ3n) is 5.81. The van der Waals surface area contributed by atoms with E-state index in [0.29, 0.717) is 24.4 Å². The first-order valence-corrected chi connectivity index (χ1v) is 11.0. The first kappa shape index (κ1) is 22.5. The van der Waals surface area contributed by atoms with Gasteiger partial charge in [0.05, 0.1) is 28.6 Å². The molecule has 168 valence electrons. The summed E-state index contributed by atoms with van der Waals surface area (Å²) in [5, 5.41) is 7.36. The molecule has 1 aromatic heterocycles. The van der Waals surface area contributed by atoms with Gasteiger partial charge in [0, 0.05) is 29.1 Å². The van der Waals surface area contributed by atoms with Crippen LogP contribution >= 0.6 is 15.9 Å².